The van der Waals surface area contributed by atoms with Gasteiger partial charge in [-0.1, -0.05) is 25.1 Å². The van der Waals surface area contributed by atoms with E-state index in [0.29, 0.717) is 18.9 Å². The topological polar surface area (TPSA) is 38.3 Å². The van der Waals surface area contributed by atoms with E-state index in [2.05, 4.69) is 5.32 Å². The van der Waals surface area contributed by atoms with Gasteiger partial charge < -0.3 is 10.1 Å². The largest absolute Gasteiger partial charge is 0.493 e. The summed E-state index contributed by atoms with van der Waals surface area (Å²) in [6, 6.07) is 9.50. The van der Waals surface area contributed by atoms with Crippen LogP contribution in [0.2, 0.25) is 0 Å². The van der Waals surface area contributed by atoms with E-state index in [1.807, 2.05) is 44.2 Å². The van der Waals surface area contributed by atoms with Crippen molar-refractivity contribution < 1.29 is 9.53 Å². The highest BCUT2D eigenvalue weighted by atomic mass is 35.5. The van der Waals surface area contributed by atoms with Gasteiger partial charge in [-0.3, -0.25) is 4.79 Å². The number of amides is 1. The number of carbonyl (C=O) groups excluding carboxylic acids is 1. The van der Waals surface area contributed by atoms with Crippen LogP contribution in [0.15, 0.2) is 30.3 Å². The number of rotatable bonds is 8. The lowest BCUT2D eigenvalue weighted by Gasteiger charge is -2.29. The molecule has 1 amide bonds. The van der Waals surface area contributed by atoms with Gasteiger partial charge in [0.25, 0.3) is 0 Å². The van der Waals surface area contributed by atoms with Gasteiger partial charge in [-0.05, 0) is 31.9 Å². The molecule has 1 aromatic rings. The fourth-order valence-electron chi connectivity index (χ4n) is 1.71. The van der Waals surface area contributed by atoms with Crippen LogP contribution in [0.5, 0.6) is 5.75 Å². The Bertz CT molecular complexity index is 383. The molecular weight excluding hydrogens is 262 g/mol. The van der Waals surface area contributed by atoms with E-state index in [1.165, 1.54) is 0 Å². The summed E-state index contributed by atoms with van der Waals surface area (Å²) >= 11 is 5.76. The van der Waals surface area contributed by atoms with Gasteiger partial charge in [0.05, 0.1) is 13.0 Å². The van der Waals surface area contributed by atoms with Crippen LogP contribution in [0, 0.1) is 0 Å². The number of hydrogen-bond donors (Lipinski definition) is 1. The maximum atomic E-state index is 11.8. The molecule has 1 atom stereocenters. The number of nitrogens with one attached hydrogen (secondary N) is 1. The molecule has 0 heterocycles. The van der Waals surface area contributed by atoms with Gasteiger partial charge >= 0.3 is 0 Å². The van der Waals surface area contributed by atoms with E-state index in [4.69, 9.17) is 16.3 Å². The molecule has 0 aliphatic heterocycles. The summed E-state index contributed by atoms with van der Waals surface area (Å²) < 4.78 is 5.50. The van der Waals surface area contributed by atoms with Crippen molar-refractivity contribution in [1.29, 1.82) is 0 Å². The number of ether oxygens (including phenoxy) is 1. The molecule has 0 spiro atoms. The molecular formula is C15H22ClNO2. The van der Waals surface area contributed by atoms with E-state index in [9.17, 15) is 4.79 Å². The summed E-state index contributed by atoms with van der Waals surface area (Å²) in [5.74, 6) is 1.34. The zero-order chi connectivity index (χ0) is 14.1. The number of alkyl halides is 1. The highest BCUT2D eigenvalue weighted by Gasteiger charge is 2.23. The Balaban J connectivity index is 2.31. The van der Waals surface area contributed by atoms with Gasteiger partial charge in [-0.25, -0.2) is 0 Å². The van der Waals surface area contributed by atoms with Crippen molar-refractivity contribution in [2.75, 3.05) is 12.5 Å². The first-order chi connectivity index (χ1) is 9.09. The maximum Gasteiger partial charge on any atom is 0.223 e. The van der Waals surface area contributed by atoms with Crippen LogP contribution < -0.4 is 10.1 Å². The molecule has 0 saturated carbocycles. The van der Waals surface area contributed by atoms with E-state index >= 15 is 0 Å². The van der Waals surface area contributed by atoms with Gasteiger partial charge in [-0.15, -0.1) is 11.6 Å². The molecule has 1 rings (SSSR count). The third-order valence-electron chi connectivity index (χ3n) is 3.21. The molecule has 1 N–H and O–H groups in total. The lowest BCUT2D eigenvalue weighted by molar-refractivity contribution is -0.123. The molecule has 3 nitrogen and oxygen atoms in total. The second-order valence-corrected chi connectivity index (χ2v) is 5.19. The van der Waals surface area contributed by atoms with Crippen molar-refractivity contribution in [3.8, 4) is 5.75 Å². The molecule has 0 saturated heterocycles. The molecule has 4 heteroatoms. The molecule has 0 radical (unpaired) electrons. The normalized spacial score (nSPS) is 13.6. The van der Waals surface area contributed by atoms with Crippen LogP contribution in [0.4, 0.5) is 0 Å². The summed E-state index contributed by atoms with van der Waals surface area (Å²) in [6.07, 6.45) is 1.99. The van der Waals surface area contributed by atoms with Gasteiger partial charge in [-0.2, -0.15) is 0 Å². The van der Waals surface area contributed by atoms with Gasteiger partial charge in [0.2, 0.25) is 5.91 Å². The van der Waals surface area contributed by atoms with E-state index in [-0.39, 0.29) is 11.4 Å². The quantitative estimate of drug-likeness (QED) is 0.743. The minimum Gasteiger partial charge on any atom is -0.493 e. The minimum atomic E-state index is -0.217. The van der Waals surface area contributed by atoms with E-state index < -0.39 is 0 Å². The molecule has 0 aliphatic rings. The first-order valence-corrected chi connectivity index (χ1v) is 7.18. The Labute approximate surface area is 120 Å². The summed E-state index contributed by atoms with van der Waals surface area (Å²) in [5.41, 5.74) is -0.217. The van der Waals surface area contributed by atoms with E-state index in [0.717, 1.165) is 18.6 Å². The summed E-state index contributed by atoms with van der Waals surface area (Å²) in [4.78, 5) is 11.8. The fourth-order valence-corrected chi connectivity index (χ4v) is 2.13. The fraction of sp³-hybridized carbons (Fsp3) is 0.533. The van der Waals surface area contributed by atoms with Crippen LogP contribution in [-0.2, 0) is 4.79 Å². The first kappa shape index (κ1) is 15.8. The van der Waals surface area contributed by atoms with Crippen molar-refractivity contribution >= 4 is 17.5 Å². The number of benzene rings is 1. The third-order valence-corrected chi connectivity index (χ3v) is 3.40. The van der Waals surface area contributed by atoms with Crippen molar-refractivity contribution in [3.05, 3.63) is 30.3 Å². The Hall–Kier alpha value is -1.22. The molecule has 0 aromatic heterocycles. The smallest absolute Gasteiger partial charge is 0.223 e. The van der Waals surface area contributed by atoms with Gasteiger partial charge in [0.15, 0.2) is 0 Å². The monoisotopic (exact) mass is 283 g/mol. The highest BCUT2D eigenvalue weighted by molar-refractivity contribution is 6.17. The number of para-hydroxylation sites is 1. The minimum absolute atomic E-state index is 0.00500. The molecule has 19 heavy (non-hydrogen) atoms. The average Bonchev–Trinajstić information content (AvgIpc) is 2.40. The predicted molar refractivity (Wildman–Crippen MR) is 78.7 cm³/mol. The molecule has 0 bridgehead atoms. The van der Waals surface area contributed by atoms with Crippen molar-refractivity contribution in [3.63, 3.8) is 0 Å². The Morgan fingerprint density at radius 3 is 2.63 bits per heavy atom. The van der Waals surface area contributed by atoms with Crippen LogP contribution in [0.3, 0.4) is 0 Å². The maximum absolute atomic E-state index is 11.8. The van der Waals surface area contributed by atoms with Gasteiger partial charge in [0.1, 0.15) is 5.75 Å². The Morgan fingerprint density at radius 2 is 2.05 bits per heavy atom. The van der Waals surface area contributed by atoms with Crippen LogP contribution in [0.25, 0.3) is 0 Å². The third kappa shape index (κ3) is 5.97. The standard InChI is InChI=1S/C15H22ClNO2/c1-3-15(2,10-11-16)17-14(18)9-12-19-13-7-5-4-6-8-13/h4-8H,3,9-12H2,1-2H3,(H,17,18). The molecule has 106 valence electrons. The first-order valence-electron chi connectivity index (χ1n) is 6.64. The summed E-state index contributed by atoms with van der Waals surface area (Å²) in [7, 11) is 0. The zero-order valence-electron chi connectivity index (χ0n) is 11.6. The predicted octanol–water partition coefficient (Wildman–Crippen LogP) is 3.37. The summed E-state index contributed by atoms with van der Waals surface area (Å²) in [6.45, 7) is 4.45. The SMILES string of the molecule is CCC(C)(CCCl)NC(=O)CCOc1ccccc1. The lowest BCUT2D eigenvalue weighted by atomic mass is 9.95. The Morgan fingerprint density at radius 1 is 1.37 bits per heavy atom. The molecule has 1 unspecified atom stereocenters. The second kappa shape index (κ2) is 8.05. The number of halogens is 1. The number of carbonyl (C=O) groups is 1. The van der Waals surface area contributed by atoms with Crippen LogP contribution in [-0.4, -0.2) is 23.9 Å². The Kier molecular flexibility index (Phi) is 6.71. The van der Waals surface area contributed by atoms with Crippen molar-refractivity contribution in [1.82, 2.24) is 5.32 Å². The van der Waals surface area contributed by atoms with Crippen molar-refractivity contribution in [2.45, 2.75) is 38.6 Å². The highest BCUT2D eigenvalue weighted by Crippen LogP contribution is 2.15. The van der Waals surface area contributed by atoms with Crippen molar-refractivity contribution in [2.24, 2.45) is 0 Å². The lowest BCUT2D eigenvalue weighted by Crippen LogP contribution is -2.46. The molecule has 1 aromatic carbocycles. The van der Waals surface area contributed by atoms with Gasteiger partial charge in [0, 0.05) is 11.4 Å². The number of hydrogen-bond acceptors (Lipinski definition) is 2. The van der Waals surface area contributed by atoms with Crippen LogP contribution >= 0.6 is 11.6 Å². The molecule has 0 aliphatic carbocycles. The molecule has 0 fully saturated rings. The van der Waals surface area contributed by atoms with E-state index in [1.54, 1.807) is 0 Å². The zero-order valence-corrected chi connectivity index (χ0v) is 12.4. The summed E-state index contributed by atoms with van der Waals surface area (Å²) in [5, 5.41) is 3.03. The van der Waals surface area contributed by atoms with Crippen LogP contribution in [0.1, 0.15) is 33.1 Å². The second-order valence-electron chi connectivity index (χ2n) is 4.81. The average molecular weight is 284 g/mol.